The lowest BCUT2D eigenvalue weighted by Crippen LogP contribution is -2.02. The maximum atomic E-state index is 11.2. The number of nitrogens with zero attached hydrogens (tertiary/aromatic N) is 1. The minimum Gasteiger partial charge on any atom is -0.466 e. The Morgan fingerprint density at radius 1 is 1.47 bits per heavy atom. The van der Waals surface area contributed by atoms with Crippen LogP contribution in [0.1, 0.15) is 12.8 Å². The van der Waals surface area contributed by atoms with Crippen LogP contribution >= 0.6 is 15.9 Å². The predicted molar refractivity (Wildman–Crippen MR) is 73.1 cm³/mol. The summed E-state index contributed by atoms with van der Waals surface area (Å²) in [6.45, 7) is 7.33. The van der Waals surface area contributed by atoms with Crippen LogP contribution in [-0.2, 0) is 9.53 Å². The number of ether oxygens (including phenoxy) is 1. The molecule has 3 nitrogen and oxygen atoms in total. The van der Waals surface area contributed by atoms with Gasteiger partial charge in [0.25, 0.3) is 0 Å². The van der Waals surface area contributed by atoms with Gasteiger partial charge >= 0.3 is 5.97 Å². The SMILES string of the molecule is C=N/C(=C\C(=O)OC)C1=CCCC=C1C(=C)Br. The van der Waals surface area contributed by atoms with Crippen molar-refractivity contribution in [3.05, 3.63) is 46.1 Å². The van der Waals surface area contributed by atoms with Gasteiger partial charge in [0.05, 0.1) is 12.8 Å². The molecule has 4 heteroatoms. The largest absolute Gasteiger partial charge is 0.466 e. The first-order valence-electron chi connectivity index (χ1n) is 5.12. The van der Waals surface area contributed by atoms with Gasteiger partial charge in [0.15, 0.2) is 0 Å². The highest BCUT2D eigenvalue weighted by molar-refractivity contribution is 9.11. The number of hydrogen-bond donors (Lipinski definition) is 0. The lowest BCUT2D eigenvalue weighted by molar-refractivity contribution is -0.134. The molecule has 0 amide bonds. The molecule has 0 aromatic carbocycles. The molecule has 0 saturated heterocycles. The van der Waals surface area contributed by atoms with Crippen molar-refractivity contribution in [2.45, 2.75) is 12.8 Å². The third-order valence-corrected chi connectivity index (χ3v) is 2.78. The summed E-state index contributed by atoms with van der Waals surface area (Å²) in [4.78, 5) is 15.1. The van der Waals surface area contributed by atoms with Gasteiger partial charge in [-0.15, -0.1) is 0 Å². The Bertz CT molecular complexity index is 444. The molecule has 0 heterocycles. The number of halogens is 1. The van der Waals surface area contributed by atoms with Gasteiger partial charge in [-0.25, -0.2) is 4.79 Å². The molecule has 0 bridgehead atoms. The molecule has 0 unspecified atom stereocenters. The summed E-state index contributed by atoms with van der Waals surface area (Å²) in [6.07, 6.45) is 7.27. The van der Waals surface area contributed by atoms with E-state index < -0.39 is 5.97 Å². The van der Waals surface area contributed by atoms with Crippen LogP contribution in [0.5, 0.6) is 0 Å². The molecule has 0 aliphatic heterocycles. The molecule has 1 aliphatic carbocycles. The van der Waals surface area contributed by atoms with Crippen LogP contribution in [0, 0.1) is 0 Å². The van der Waals surface area contributed by atoms with E-state index in [2.05, 4.69) is 45.0 Å². The predicted octanol–water partition coefficient (Wildman–Crippen LogP) is 3.30. The van der Waals surface area contributed by atoms with Crippen molar-refractivity contribution < 1.29 is 9.53 Å². The van der Waals surface area contributed by atoms with Crippen LogP contribution in [0.3, 0.4) is 0 Å². The fourth-order valence-electron chi connectivity index (χ4n) is 1.55. The number of carbonyl (C=O) groups is 1. The normalized spacial score (nSPS) is 15.8. The Morgan fingerprint density at radius 2 is 2.06 bits per heavy atom. The van der Waals surface area contributed by atoms with E-state index in [0.717, 1.165) is 28.5 Å². The number of hydrogen-bond acceptors (Lipinski definition) is 3. The van der Waals surface area contributed by atoms with E-state index in [4.69, 9.17) is 0 Å². The van der Waals surface area contributed by atoms with Crippen LogP contribution in [-0.4, -0.2) is 19.8 Å². The number of methoxy groups -OCH3 is 1. The average Bonchev–Trinajstić information content (AvgIpc) is 2.35. The summed E-state index contributed by atoms with van der Waals surface area (Å²) in [5.41, 5.74) is 2.31. The monoisotopic (exact) mass is 295 g/mol. The number of rotatable bonds is 4. The number of esters is 1. The first kappa shape index (κ1) is 13.6. The quantitative estimate of drug-likeness (QED) is 0.453. The number of allylic oxidation sites excluding steroid dienone is 4. The minimum absolute atomic E-state index is 0.446. The standard InChI is InChI=1S/C13H14BrNO2/c1-9(14)10-6-4-5-7-11(10)12(15-2)8-13(16)17-3/h6-8H,1-2,4-5H2,3H3/b12-8-. The molecular weight excluding hydrogens is 282 g/mol. The molecule has 90 valence electrons. The minimum atomic E-state index is -0.446. The summed E-state index contributed by atoms with van der Waals surface area (Å²) >= 11 is 3.35. The summed E-state index contributed by atoms with van der Waals surface area (Å²) in [6, 6.07) is 0. The van der Waals surface area contributed by atoms with Crippen LogP contribution < -0.4 is 0 Å². The lowest BCUT2D eigenvalue weighted by atomic mass is 9.95. The van der Waals surface area contributed by atoms with E-state index in [-0.39, 0.29) is 0 Å². The van der Waals surface area contributed by atoms with Crippen molar-refractivity contribution >= 4 is 28.6 Å². The first-order chi connectivity index (χ1) is 8.10. The van der Waals surface area contributed by atoms with Gasteiger partial charge < -0.3 is 4.74 Å². The number of aliphatic imine (C=N–C) groups is 1. The molecule has 0 aromatic rings. The van der Waals surface area contributed by atoms with Crippen LogP contribution in [0.15, 0.2) is 51.1 Å². The Labute approximate surface area is 109 Å². The lowest BCUT2D eigenvalue weighted by Gasteiger charge is -2.15. The fraction of sp³-hybridized carbons (Fsp3) is 0.231. The van der Waals surface area contributed by atoms with Gasteiger partial charge in [0.1, 0.15) is 0 Å². The molecule has 1 rings (SSSR count). The Hall–Kier alpha value is -1.42. The van der Waals surface area contributed by atoms with Crippen molar-refractivity contribution in [1.82, 2.24) is 0 Å². The number of carbonyl (C=O) groups excluding carboxylic acids is 1. The highest BCUT2D eigenvalue weighted by atomic mass is 79.9. The van der Waals surface area contributed by atoms with E-state index in [9.17, 15) is 4.79 Å². The van der Waals surface area contributed by atoms with Gasteiger partial charge in [0.2, 0.25) is 0 Å². The molecular formula is C13H14BrNO2. The zero-order valence-electron chi connectivity index (χ0n) is 9.70. The van der Waals surface area contributed by atoms with Gasteiger partial charge in [0, 0.05) is 16.1 Å². The Morgan fingerprint density at radius 3 is 2.53 bits per heavy atom. The fourth-order valence-corrected chi connectivity index (χ4v) is 1.93. The smallest absolute Gasteiger partial charge is 0.332 e. The maximum absolute atomic E-state index is 11.2. The van der Waals surface area contributed by atoms with Crippen molar-refractivity contribution in [3.63, 3.8) is 0 Å². The zero-order valence-corrected chi connectivity index (χ0v) is 11.3. The van der Waals surface area contributed by atoms with Crippen LogP contribution in [0.4, 0.5) is 0 Å². The van der Waals surface area contributed by atoms with Gasteiger partial charge in [-0.2, -0.15) is 0 Å². The Balaban J connectivity index is 3.11. The van der Waals surface area contributed by atoms with E-state index in [0.29, 0.717) is 5.70 Å². The van der Waals surface area contributed by atoms with Crippen molar-refractivity contribution in [1.29, 1.82) is 0 Å². The first-order valence-corrected chi connectivity index (χ1v) is 5.91. The third-order valence-electron chi connectivity index (χ3n) is 2.35. The molecule has 0 radical (unpaired) electrons. The third kappa shape index (κ3) is 3.53. The molecule has 1 aliphatic rings. The maximum Gasteiger partial charge on any atom is 0.332 e. The van der Waals surface area contributed by atoms with Gasteiger partial charge in [-0.05, 0) is 25.1 Å². The summed E-state index contributed by atoms with van der Waals surface area (Å²) < 4.78 is 5.35. The van der Waals surface area contributed by atoms with Gasteiger partial charge in [-0.3, -0.25) is 4.99 Å². The summed E-state index contributed by atoms with van der Waals surface area (Å²) in [5, 5.41) is 0. The average molecular weight is 296 g/mol. The second-order valence-corrected chi connectivity index (χ2v) is 4.39. The highest BCUT2D eigenvalue weighted by Crippen LogP contribution is 2.32. The molecule has 0 N–H and O–H groups in total. The van der Waals surface area contributed by atoms with Crippen molar-refractivity contribution in [3.8, 4) is 0 Å². The van der Waals surface area contributed by atoms with Crippen LogP contribution in [0.2, 0.25) is 0 Å². The topological polar surface area (TPSA) is 38.7 Å². The second-order valence-electron chi connectivity index (χ2n) is 3.43. The van der Waals surface area contributed by atoms with Crippen molar-refractivity contribution in [2.24, 2.45) is 4.99 Å². The molecule has 0 spiro atoms. The van der Waals surface area contributed by atoms with E-state index in [1.165, 1.54) is 13.2 Å². The molecule has 0 aromatic heterocycles. The van der Waals surface area contributed by atoms with E-state index in [1.807, 2.05) is 6.08 Å². The molecule has 17 heavy (non-hydrogen) atoms. The zero-order chi connectivity index (χ0) is 12.8. The van der Waals surface area contributed by atoms with E-state index in [1.54, 1.807) is 0 Å². The molecule has 0 saturated carbocycles. The summed E-state index contributed by atoms with van der Waals surface area (Å²) in [5.74, 6) is -0.446. The second kappa shape index (κ2) is 6.35. The van der Waals surface area contributed by atoms with Crippen molar-refractivity contribution in [2.75, 3.05) is 7.11 Å². The Kier molecular flexibility index (Phi) is 5.10. The highest BCUT2D eigenvalue weighted by Gasteiger charge is 2.15. The molecule has 0 atom stereocenters. The van der Waals surface area contributed by atoms with E-state index >= 15 is 0 Å². The van der Waals surface area contributed by atoms with Gasteiger partial charge in [-0.1, -0.05) is 34.7 Å². The molecule has 0 fully saturated rings. The van der Waals surface area contributed by atoms with Crippen LogP contribution in [0.25, 0.3) is 0 Å². The summed E-state index contributed by atoms with van der Waals surface area (Å²) in [7, 11) is 1.33.